The number of carbonyl (C=O) groups is 2. The first-order chi connectivity index (χ1) is 8.09. The van der Waals surface area contributed by atoms with Crippen LogP contribution in [-0.2, 0) is 0 Å². The molecule has 0 fully saturated rings. The summed E-state index contributed by atoms with van der Waals surface area (Å²) in [7, 11) is 0. The average Bonchev–Trinajstić information content (AvgIpc) is 2.81. The summed E-state index contributed by atoms with van der Waals surface area (Å²) in [4.78, 5) is 22.7. The molecule has 17 heavy (non-hydrogen) atoms. The van der Waals surface area contributed by atoms with Crippen molar-refractivity contribution in [1.29, 1.82) is 0 Å². The number of rotatable bonds is 3. The first-order valence-electron chi connectivity index (χ1n) is 4.74. The van der Waals surface area contributed by atoms with E-state index in [1.54, 1.807) is 12.1 Å². The van der Waals surface area contributed by atoms with Crippen LogP contribution in [0.5, 0.6) is 0 Å². The van der Waals surface area contributed by atoms with Gasteiger partial charge in [0.2, 0.25) is 0 Å². The summed E-state index contributed by atoms with van der Waals surface area (Å²) in [6.45, 7) is 0. The third-order valence-electron chi connectivity index (χ3n) is 2.28. The Labute approximate surface area is 101 Å². The maximum Gasteiger partial charge on any atom is 0.336 e. The average molecular weight is 248 g/mol. The van der Waals surface area contributed by atoms with Crippen molar-refractivity contribution in [3.8, 4) is 10.4 Å². The SMILES string of the molecule is O=C(O)c1ccc(C(=O)O)c(-c2cccs2)c1. The van der Waals surface area contributed by atoms with Crippen LogP contribution in [0.15, 0.2) is 35.7 Å². The van der Waals surface area contributed by atoms with Crippen molar-refractivity contribution in [3.05, 3.63) is 46.8 Å². The van der Waals surface area contributed by atoms with E-state index in [4.69, 9.17) is 10.2 Å². The van der Waals surface area contributed by atoms with E-state index in [0.29, 0.717) is 5.56 Å². The van der Waals surface area contributed by atoms with E-state index in [1.807, 2.05) is 5.38 Å². The highest BCUT2D eigenvalue weighted by Crippen LogP contribution is 2.29. The van der Waals surface area contributed by atoms with E-state index in [2.05, 4.69) is 0 Å². The highest BCUT2D eigenvalue weighted by molar-refractivity contribution is 7.13. The zero-order valence-corrected chi connectivity index (χ0v) is 9.40. The molecular weight excluding hydrogens is 240 g/mol. The summed E-state index contributed by atoms with van der Waals surface area (Å²) in [6, 6.07) is 7.55. The summed E-state index contributed by atoms with van der Waals surface area (Å²) < 4.78 is 0. The first-order valence-corrected chi connectivity index (χ1v) is 5.62. The van der Waals surface area contributed by atoms with Crippen molar-refractivity contribution in [1.82, 2.24) is 0 Å². The predicted octanol–water partition coefficient (Wildman–Crippen LogP) is 2.81. The van der Waals surface area contributed by atoms with E-state index in [1.165, 1.54) is 29.5 Å². The molecule has 0 atom stereocenters. The Balaban J connectivity index is 2.64. The summed E-state index contributed by atoms with van der Waals surface area (Å²) in [5.41, 5.74) is 0.628. The lowest BCUT2D eigenvalue weighted by atomic mass is 10.0. The maximum atomic E-state index is 11.1. The standard InChI is InChI=1S/C12H8O4S/c13-11(14)7-3-4-8(12(15)16)9(6-7)10-2-1-5-17-10/h1-6H,(H,13,14)(H,15,16). The van der Waals surface area contributed by atoms with Crippen LogP contribution >= 0.6 is 11.3 Å². The minimum absolute atomic E-state index is 0.0819. The Kier molecular flexibility index (Phi) is 2.93. The smallest absolute Gasteiger partial charge is 0.336 e. The third kappa shape index (κ3) is 2.19. The molecule has 0 saturated heterocycles. The van der Waals surface area contributed by atoms with Gasteiger partial charge in [0.15, 0.2) is 0 Å². The molecule has 0 amide bonds. The molecule has 0 aliphatic carbocycles. The highest BCUT2D eigenvalue weighted by Gasteiger charge is 2.15. The zero-order chi connectivity index (χ0) is 12.4. The van der Waals surface area contributed by atoms with Gasteiger partial charge in [0, 0.05) is 10.4 Å². The Morgan fingerprint density at radius 1 is 1.06 bits per heavy atom. The second kappa shape index (κ2) is 4.39. The van der Waals surface area contributed by atoms with E-state index < -0.39 is 11.9 Å². The largest absolute Gasteiger partial charge is 0.478 e. The van der Waals surface area contributed by atoms with Crippen LogP contribution in [0.1, 0.15) is 20.7 Å². The van der Waals surface area contributed by atoms with E-state index >= 15 is 0 Å². The van der Waals surface area contributed by atoms with Gasteiger partial charge in [0.1, 0.15) is 0 Å². The van der Waals surface area contributed by atoms with Crippen molar-refractivity contribution in [3.63, 3.8) is 0 Å². The number of aromatic carboxylic acids is 2. The number of carboxylic acids is 2. The van der Waals surface area contributed by atoms with Gasteiger partial charge in [-0.2, -0.15) is 0 Å². The molecule has 1 heterocycles. The molecule has 2 N–H and O–H groups in total. The van der Waals surface area contributed by atoms with Crippen LogP contribution in [0, 0.1) is 0 Å². The van der Waals surface area contributed by atoms with Crippen LogP contribution in [0.4, 0.5) is 0 Å². The molecule has 4 nitrogen and oxygen atoms in total. The summed E-state index contributed by atoms with van der Waals surface area (Å²) in [5, 5.41) is 19.8. The van der Waals surface area contributed by atoms with E-state index in [9.17, 15) is 9.59 Å². The molecule has 1 aromatic heterocycles. The zero-order valence-electron chi connectivity index (χ0n) is 8.58. The van der Waals surface area contributed by atoms with Gasteiger partial charge < -0.3 is 10.2 Å². The molecule has 0 aliphatic rings. The van der Waals surface area contributed by atoms with Crippen LogP contribution < -0.4 is 0 Å². The van der Waals surface area contributed by atoms with Crippen LogP contribution in [0.3, 0.4) is 0 Å². The van der Waals surface area contributed by atoms with Crippen LogP contribution in [0.25, 0.3) is 10.4 Å². The predicted molar refractivity (Wildman–Crippen MR) is 63.7 cm³/mol. The fourth-order valence-corrected chi connectivity index (χ4v) is 2.26. The van der Waals surface area contributed by atoms with Gasteiger partial charge in [0.25, 0.3) is 0 Å². The molecule has 0 radical (unpaired) electrons. The molecule has 0 spiro atoms. The van der Waals surface area contributed by atoms with Gasteiger partial charge in [-0.15, -0.1) is 11.3 Å². The molecule has 0 unspecified atom stereocenters. The number of thiophene rings is 1. The lowest BCUT2D eigenvalue weighted by Crippen LogP contribution is -2.02. The Hall–Kier alpha value is -2.14. The number of carboxylic acid groups (broad SMARTS) is 2. The third-order valence-corrected chi connectivity index (χ3v) is 3.19. The maximum absolute atomic E-state index is 11.1. The van der Waals surface area contributed by atoms with Crippen molar-refractivity contribution >= 4 is 23.3 Å². The topological polar surface area (TPSA) is 74.6 Å². The number of hydrogen-bond acceptors (Lipinski definition) is 3. The van der Waals surface area contributed by atoms with Crippen molar-refractivity contribution < 1.29 is 19.8 Å². The lowest BCUT2D eigenvalue weighted by molar-refractivity contribution is 0.0682. The Bertz CT molecular complexity index is 572. The normalized spacial score (nSPS) is 10.1. The van der Waals surface area contributed by atoms with Crippen LogP contribution in [-0.4, -0.2) is 22.2 Å². The quantitative estimate of drug-likeness (QED) is 0.875. The Morgan fingerprint density at radius 3 is 2.35 bits per heavy atom. The van der Waals surface area contributed by atoms with Gasteiger partial charge in [-0.05, 0) is 29.6 Å². The molecule has 86 valence electrons. The summed E-state index contributed by atoms with van der Waals surface area (Å²) >= 11 is 1.37. The number of benzene rings is 1. The van der Waals surface area contributed by atoms with Crippen LogP contribution in [0.2, 0.25) is 0 Å². The van der Waals surface area contributed by atoms with Gasteiger partial charge in [-0.3, -0.25) is 0 Å². The molecule has 5 heteroatoms. The second-order valence-electron chi connectivity index (χ2n) is 3.35. The van der Waals surface area contributed by atoms with Crippen molar-refractivity contribution in [2.24, 2.45) is 0 Å². The summed E-state index contributed by atoms with van der Waals surface area (Å²) in [5.74, 6) is -2.13. The fourth-order valence-electron chi connectivity index (χ4n) is 1.50. The van der Waals surface area contributed by atoms with Gasteiger partial charge in [-0.25, -0.2) is 9.59 Å². The van der Waals surface area contributed by atoms with Gasteiger partial charge in [-0.1, -0.05) is 6.07 Å². The minimum atomic E-state index is -1.07. The molecule has 1 aromatic carbocycles. The monoisotopic (exact) mass is 248 g/mol. The van der Waals surface area contributed by atoms with Gasteiger partial charge in [0.05, 0.1) is 11.1 Å². The lowest BCUT2D eigenvalue weighted by Gasteiger charge is -2.05. The van der Waals surface area contributed by atoms with Crippen molar-refractivity contribution in [2.75, 3.05) is 0 Å². The molecule has 2 aromatic rings. The highest BCUT2D eigenvalue weighted by atomic mass is 32.1. The molecule has 0 aliphatic heterocycles. The molecule has 2 rings (SSSR count). The first kappa shape index (κ1) is 11.3. The Morgan fingerprint density at radius 2 is 1.82 bits per heavy atom. The molecule has 0 saturated carbocycles. The minimum Gasteiger partial charge on any atom is -0.478 e. The number of hydrogen-bond donors (Lipinski definition) is 2. The van der Waals surface area contributed by atoms with E-state index in [0.717, 1.165) is 4.88 Å². The van der Waals surface area contributed by atoms with E-state index in [-0.39, 0.29) is 11.1 Å². The van der Waals surface area contributed by atoms with Crippen molar-refractivity contribution in [2.45, 2.75) is 0 Å². The molecular formula is C12H8O4S. The van der Waals surface area contributed by atoms with Gasteiger partial charge >= 0.3 is 11.9 Å². The molecule has 0 bridgehead atoms. The second-order valence-corrected chi connectivity index (χ2v) is 4.30. The summed E-state index contributed by atoms with van der Waals surface area (Å²) in [6.07, 6.45) is 0. The fraction of sp³-hybridized carbons (Fsp3) is 0.